The van der Waals surface area contributed by atoms with Crippen molar-refractivity contribution >= 4 is 28.6 Å². The zero-order chi connectivity index (χ0) is 22.3. The minimum Gasteiger partial charge on any atom is -0.496 e. The van der Waals surface area contributed by atoms with Crippen LogP contribution >= 0.6 is 0 Å². The summed E-state index contributed by atoms with van der Waals surface area (Å²) in [5, 5.41) is -0.498. The molecule has 4 rings (SSSR count). The van der Waals surface area contributed by atoms with Gasteiger partial charge in [-0.25, -0.2) is 4.21 Å². The lowest BCUT2D eigenvalue weighted by Crippen LogP contribution is -2.52. The van der Waals surface area contributed by atoms with E-state index in [0.29, 0.717) is 37.5 Å². The summed E-state index contributed by atoms with van der Waals surface area (Å²) in [5.41, 5.74) is 1.30. The topological polar surface area (TPSA) is 104 Å². The number of benzene rings is 2. The summed E-state index contributed by atoms with van der Waals surface area (Å²) in [5.74, 6) is -0.516. The van der Waals surface area contributed by atoms with E-state index in [9.17, 15) is 23.1 Å². The average molecular weight is 442 g/mol. The Morgan fingerprint density at radius 2 is 1.74 bits per heavy atom. The molecule has 0 radical (unpaired) electrons. The number of amides is 1. The third kappa shape index (κ3) is 3.69. The Morgan fingerprint density at radius 1 is 1.03 bits per heavy atom. The fourth-order valence-corrected chi connectivity index (χ4v) is 4.53. The summed E-state index contributed by atoms with van der Waals surface area (Å²) < 4.78 is 25.8. The second kappa shape index (κ2) is 8.33. The fraction of sp³-hybridized carbons (Fsp3) is 0.318. The molecule has 9 heteroatoms. The van der Waals surface area contributed by atoms with Crippen molar-refractivity contribution in [2.24, 2.45) is 0 Å². The number of methoxy groups -OCH3 is 1. The van der Waals surface area contributed by atoms with Crippen LogP contribution < -0.4 is 4.74 Å². The maximum Gasteiger partial charge on any atom is 0.253 e. The summed E-state index contributed by atoms with van der Waals surface area (Å²) in [4.78, 5) is 42.6. The first-order valence-electron chi connectivity index (χ1n) is 9.87. The van der Waals surface area contributed by atoms with E-state index in [4.69, 9.17) is 4.74 Å². The van der Waals surface area contributed by atoms with Gasteiger partial charge in [-0.3, -0.25) is 19.3 Å². The first-order valence-corrected chi connectivity index (χ1v) is 11.0. The van der Waals surface area contributed by atoms with Gasteiger partial charge >= 0.3 is 0 Å². The van der Waals surface area contributed by atoms with Crippen molar-refractivity contribution < 1.29 is 27.9 Å². The molecule has 0 aromatic heterocycles. The molecule has 0 saturated carbocycles. The number of fused-ring (bicyclic) bond motifs is 2. The highest BCUT2D eigenvalue weighted by atomic mass is 32.2. The second-order valence-corrected chi connectivity index (χ2v) is 8.74. The zero-order valence-electron chi connectivity index (χ0n) is 17.2. The Bertz CT molecular complexity index is 1110. The number of carbonyl (C=O) groups excluding carboxylic acids is 3. The van der Waals surface area contributed by atoms with Gasteiger partial charge in [0.25, 0.3) is 5.91 Å². The molecule has 0 bridgehead atoms. The minimum atomic E-state index is -1.95. The van der Waals surface area contributed by atoms with Crippen LogP contribution in [0.1, 0.15) is 49.1 Å². The average Bonchev–Trinajstić information content (AvgIpc) is 2.80. The van der Waals surface area contributed by atoms with E-state index < -0.39 is 16.5 Å². The van der Waals surface area contributed by atoms with Crippen LogP contribution in [-0.2, 0) is 11.1 Å². The molecule has 1 amide bonds. The molecule has 1 N–H and O–H groups in total. The van der Waals surface area contributed by atoms with Crippen molar-refractivity contribution in [1.29, 1.82) is 0 Å². The fourth-order valence-electron chi connectivity index (χ4n) is 4.07. The predicted octanol–water partition coefficient (Wildman–Crippen LogP) is 1.80. The largest absolute Gasteiger partial charge is 0.496 e. The lowest BCUT2D eigenvalue weighted by atomic mass is 9.82. The number of ketones is 2. The molecule has 2 aliphatic rings. The first-order chi connectivity index (χ1) is 14.8. The quantitative estimate of drug-likeness (QED) is 0.615. The third-order valence-electron chi connectivity index (χ3n) is 5.88. The van der Waals surface area contributed by atoms with Crippen molar-refractivity contribution in [3.8, 4) is 5.75 Å². The number of nitrogens with zero attached hydrogens (tertiary/aromatic N) is 2. The van der Waals surface area contributed by atoms with E-state index in [1.807, 2.05) is 4.90 Å². The SMILES string of the molecule is COc1cccc2c1C(=O)c1ccc(C(=O)N3CCN(C(C)S(=O)O)CC3)cc1C2=O. The maximum absolute atomic E-state index is 13.1. The molecule has 0 spiro atoms. The van der Waals surface area contributed by atoms with Gasteiger partial charge in [-0.1, -0.05) is 12.1 Å². The number of carbonyl (C=O) groups is 3. The Labute approximate surface area is 182 Å². The van der Waals surface area contributed by atoms with E-state index in [0.717, 1.165) is 0 Å². The second-order valence-electron chi connectivity index (χ2n) is 7.51. The summed E-state index contributed by atoms with van der Waals surface area (Å²) in [6.07, 6.45) is 0. The molecule has 1 fully saturated rings. The highest BCUT2D eigenvalue weighted by Crippen LogP contribution is 2.33. The number of rotatable bonds is 4. The predicted molar refractivity (Wildman–Crippen MR) is 114 cm³/mol. The van der Waals surface area contributed by atoms with Crippen molar-refractivity contribution in [2.75, 3.05) is 33.3 Å². The van der Waals surface area contributed by atoms with Crippen LogP contribution in [0.5, 0.6) is 5.75 Å². The molecule has 2 atom stereocenters. The molecule has 162 valence electrons. The molecule has 2 aromatic carbocycles. The molecule has 1 heterocycles. The third-order valence-corrected chi connectivity index (χ3v) is 6.76. The van der Waals surface area contributed by atoms with Crippen LogP contribution in [0.4, 0.5) is 0 Å². The van der Waals surface area contributed by atoms with Crippen molar-refractivity contribution in [3.05, 3.63) is 64.2 Å². The Morgan fingerprint density at radius 3 is 2.39 bits per heavy atom. The molecule has 2 unspecified atom stereocenters. The molecule has 1 saturated heterocycles. The Hall–Kier alpha value is -2.88. The van der Waals surface area contributed by atoms with Crippen LogP contribution in [0.3, 0.4) is 0 Å². The lowest BCUT2D eigenvalue weighted by molar-refractivity contribution is 0.0626. The molecular weight excluding hydrogens is 420 g/mol. The zero-order valence-corrected chi connectivity index (χ0v) is 18.0. The van der Waals surface area contributed by atoms with E-state index >= 15 is 0 Å². The van der Waals surface area contributed by atoms with Gasteiger partial charge in [-0.05, 0) is 31.2 Å². The number of ether oxygens (including phenoxy) is 1. The molecule has 1 aliphatic heterocycles. The number of hydrogen-bond acceptors (Lipinski definition) is 6. The Balaban J connectivity index is 1.58. The molecule has 8 nitrogen and oxygen atoms in total. The summed E-state index contributed by atoms with van der Waals surface area (Å²) in [6.45, 7) is 3.45. The van der Waals surface area contributed by atoms with Gasteiger partial charge in [0, 0.05) is 48.4 Å². The molecule has 31 heavy (non-hydrogen) atoms. The van der Waals surface area contributed by atoms with Gasteiger partial charge in [0.15, 0.2) is 22.6 Å². The van der Waals surface area contributed by atoms with Gasteiger partial charge in [-0.2, -0.15) is 0 Å². The normalized spacial score (nSPS) is 18.2. The summed E-state index contributed by atoms with van der Waals surface area (Å²) in [7, 11) is 1.45. The van der Waals surface area contributed by atoms with Gasteiger partial charge in [0.2, 0.25) is 0 Å². The molecule has 1 aliphatic carbocycles. The smallest absolute Gasteiger partial charge is 0.253 e. The standard InChI is InChI=1S/C22H22N2O6S/c1-13(31(28)29)23-8-10-24(11-9-23)22(27)14-6-7-15-17(12-14)20(25)16-4-3-5-18(30-2)19(16)21(15)26/h3-7,12-13H,8-11H2,1-2H3,(H,28,29). The maximum atomic E-state index is 13.1. The number of piperazine rings is 1. The monoisotopic (exact) mass is 442 g/mol. The van der Waals surface area contributed by atoms with Crippen molar-refractivity contribution in [3.63, 3.8) is 0 Å². The Kier molecular flexibility index (Phi) is 5.74. The van der Waals surface area contributed by atoms with Crippen LogP contribution in [0, 0.1) is 0 Å². The van der Waals surface area contributed by atoms with Crippen LogP contribution in [-0.4, -0.2) is 74.7 Å². The van der Waals surface area contributed by atoms with Crippen LogP contribution in [0.25, 0.3) is 0 Å². The van der Waals surface area contributed by atoms with Gasteiger partial charge in [0.05, 0.1) is 12.7 Å². The van der Waals surface area contributed by atoms with E-state index in [2.05, 4.69) is 0 Å². The highest BCUT2D eigenvalue weighted by molar-refractivity contribution is 7.79. The van der Waals surface area contributed by atoms with Gasteiger partial charge in [0.1, 0.15) is 11.1 Å². The minimum absolute atomic E-state index is 0.208. The van der Waals surface area contributed by atoms with E-state index in [1.54, 1.807) is 36.1 Å². The number of hydrogen-bond donors (Lipinski definition) is 1. The van der Waals surface area contributed by atoms with Gasteiger partial charge in [-0.15, -0.1) is 0 Å². The van der Waals surface area contributed by atoms with Crippen LogP contribution in [0.15, 0.2) is 36.4 Å². The van der Waals surface area contributed by atoms with Crippen LogP contribution in [0.2, 0.25) is 0 Å². The summed E-state index contributed by atoms with van der Waals surface area (Å²) in [6, 6.07) is 9.44. The lowest BCUT2D eigenvalue weighted by Gasteiger charge is -2.36. The van der Waals surface area contributed by atoms with Crippen molar-refractivity contribution in [1.82, 2.24) is 9.80 Å². The van der Waals surface area contributed by atoms with E-state index in [1.165, 1.54) is 19.2 Å². The molecular formula is C22H22N2O6S. The van der Waals surface area contributed by atoms with Crippen molar-refractivity contribution in [2.45, 2.75) is 12.3 Å². The van der Waals surface area contributed by atoms with Gasteiger partial charge < -0.3 is 14.2 Å². The summed E-state index contributed by atoms with van der Waals surface area (Å²) >= 11 is -1.95. The van der Waals surface area contributed by atoms with E-state index in [-0.39, 0.29) is 39.7 Å². The first kappa shape index (κ1) is 21.4. The molecule has 2 aromatic rings. The highest BCUT2D eigenvalue weighted by Gasteiger charge is 2.33.